The van der Waals surface area contributed by atoms with E-state index in [1.165, 1.54) is 32.4 Å². The molecule has 0 fully saturated rings. The molecule has 7 nitrogen and oxygen atoms in total. The molecule has 1 rings (SSSR count). The largest absolute Gasteiger partial charge is 0.493 e. The highest BCUT2D eigenvalue weighted by atomic mass is 35.5. The van der Waals surface area contributed by atoms with Gasteiger partial charge in [0.05, 0.1) is 24.9 Å². The molecular formula is C15H25ClN2O5S. The van der Waals surface area contributed by atoms with Gasteiger partial charge in [-0.25, -0.2) is 8.42 Å². The molecule has 1 amide bonds. The van der Waals surface area contributed by atoms with Crippen molar-refractivity contribution < 1.29 is 22.7 Å². The van der Waals surface area contributed by atoms with Gasteiger partial charge in [0.2, 0.25) is 5.91 Å². The fourth-order valence-corrected chi connectivity index (χ4v) is 3.10. The summed E-state index contributed by atoms with van der Waals surface area (Å²) < 4.78 is 34.8. The first-order valence-electron chi connectivity index (χ1n) is 7.11. The van der Waals surface area contributed by atoms with Crippen molar-refractivity contribution in [2.75, 3.05) is 26.5 Å². The number of ether oxygens (including phenoxy) is 2. The molecule has 1 aromatic carbocycles. The monoisotopic (exact) mass is 380 g/mol. The minimum absolute atomic E-state index is 0. The summed E-state index contributed by atoms with van der Waals surface area (Å²) in [4.78, 5) is 11.9. The van der Waals surface area contributed by atoms with Crippen molar-refractivity contribution in [1.29, 1.82) is 0 Å². The lowest BCUT2D eigenvalue weighted by Crippen LogP contribution is -2.49. The molecule has 24 heavy (non-hydrogen) atoms. The predicted octanol–water partition coefficient (Wildman–Crippen LogP) is 1.14. The number of carbonyl (C=O) groups excluding carboxylic acids is 1. The number of hydrogen-bond acceptors (Lipinski definition) is 6. The van der Waals surface area contributed by atoms with Gasteiger partial charge in [-0.05, 0) is 26.0 Å². The van der Waals surface area contributed by atoms with Crippen LogP contribution in [0.4, 0.5) is 0 Å². The second kappa shape index (κ2) is 9.10. The smallest absolute Gasteiger partial charge is 0.221 e. The lowest BCUT2D eigenvalue weighted by Gasteiger charge is -2.24. The van der Waals surface area contributed by atoms with Crippen LogP contribution < -0.4 is 20.5 Å². The van der Waals surface area contributed by atoms with Crippen molar-refractivity contribution in [2.45, 2.75) is 30.7 Å². The van der Waals surface area contributed by atoms with Crippen molar-refractivity contribution in [3.8, 4) is 11.5 Å². The standard InChI is InChI=1S/C15H24N2O5S.ClH/c1-15(2,10-16)17-14(18)7-8-23(19,20)11-5-6-12(21-3)13(9-11)22-4;/h5-6,9H,7-8,10,16H2,1-4H3,(H,17,18);1H. The highest BCUT2D eigenvalue weighted by Gasteiger charge is 2.22. The van der Waals surface area contributed by atoms with Gasteiger partial charge in [0.1, 0.15) is 0 Å². The molecule has 0 atom stereocenters. The Bertz CT molecular complexity index is 662. The van der Waals surface area contributed by atoms with Crippen LogP contribution in [0, 0.1) is 0 Å². The average Bonchev–Trinajstić information content (AvgIpc) is 2.52. The van der Waals surface area contributed by atoms with Crippen LogP contribution in [-0.2, 0) is 14.6 Å². The fourth-order valence-electron chi connectivity index (χ4n) is 1.85. The Morgan fingerprint density at radius 3 is 2.29 bits per heavy atom. The lowest BCUT2D eigenvalue weighted by atomic mass is 10.1. The topological polar surface area (TPSA) is 108 Å². The van der Waals surface area contributed by atoms with E-state index < -0.39 is 15.4 Å². The third-order valence-corrected chi connectivity index (χ3v) is 5.01. The lowest BCUT2D eigenvalue weighted by molar-refractivity contribution is -0.122. The number of amides is 1. The number of hydrogen-bond donors (Lipinski definition) is 2. The molecule has 0 aromatic heterocycles. The minimum Gasteiger partial charge on any atom is -0.493 e. The molecule has 0 aliphatic carbocycles. The maximum absolute atomic E-state index is 12.3. The predicted molar refractivity (Wildman–Crippen MR) is 94.7 cm³/mol. The Kier molecular flexibility index (Phi) is 8.53. The van der Waals surface area contributed by atoms with E-state index in [-0.39, 0.29) is 41.9 Å². The van der Waals surface area contributed by atoms with E-state index in [2.05, 4.69) is 5.32 Å². The number of carbonyl (C=O) groups is 1. The van der Waals surface area contributed by atoms with Crippen LogP contribution in [0.3, 0.4) is 0 Å². The van der Waals surface area contributed by atoms with Gasteiger partial charge in [0, 0.05) is 24.6 Å². The summed E-state index contributed by atoms with van der Waals surface area (Å²) in [7, 11) is -0.708. The van der Waals surface area contributed by atoms with Crippen LogP contribution in [0.5, 0.6) is 11.5 Å². The number of methoxy groups -OCH3 is 2. The van der Waals surface area contributed by atoms with Crippen molar-refractivity contribution in [1.82, 2.24) is 5.32 Å². The molecule has 0 heterocycles. The van der Waals surface area contributed by atoms with Crippen molar-refractivity contribution >= 4 is 28.2 Å². The molecule has 0 saturated carbocycles. The highest BCUT2D eigenvalue weighted by Crippen LogP contribution is 2.29. The Morgan fingerprint density at radius 1 is 1.21 bits per heavy atom. The molecule has 0 spiro atoms. The van der Waals surface area contributed by atoms with Crippen LogP contribution in [-0.4, -0.2) is 46.4 Å². The molecule has 9 heteroatoms. The first-order valence-corrected chi connectivity index (χ1v) is 8.76. The van der Waals surface area contributed by atoms with Gasteiger partial charge in [0.25, 0.3) is 0 Å². The van der Waals surface area contributed by atoms with Crippen LogP contribution in [0.2, 0.25) is 0 Å². The number of sulfone groups is 1. The number of nitrogens with one attached hydrogen (secondary N) is 1. The molecule has 0 radical (unpaired) electrons. The average molecular weight is 381 g/mol. The zero-order valence-corrected chi connectivity index (χ0v) is 15.9. The first-order chi connectivity index (χ1) is 10.6. The van der Waals surface area contributed by atoms with E-state index in [1.54, 1.807) is 13.8 Å². The van der Waals surface area contributed by atoms with Crippen molar-refractivity contribution in [2.24, 2.45) is 5.73 Å². The normalized spacial score (nSPS) is 11.4. The summed E-state index contributed by atoms with van der Waals surface area (Å²) in [5.41, 5.74) is 4.96. The Labute approximate surface area is 149 Å². The molecule has 0 aliphatic rings. The van der Waals surface area contributed by atoms with Gasteiger partial charge in [-0.2, -0.15) is 0 Å². The van der Waals surface area contributed by atoms with E-state index in [9.17, 15) is 13.2 Å². The van der Waals surface area contributed by atoms with Crippen LogP contribution in [0.25, 0.3) is 0 Å². The second-order valence-corrected chi connectivity index (χ2v) is 7.83. The SMILES string of the molecule is COc1ccc(S(=O)(=O)CCC(=O)NC(C)(C)CN)cc1OC.Cl. The summed E-state index contributed by atoms with van der Waals surface area (Å²) in [5.74, 6) is 0.107. The van der Waals surface area contributed by atoms with Crippen molar-refractivity contribution in [3.05, 3.63) is 18.2 Å². The zero-order chi connectivity index (χ0) is 17.7. The zero-order valence-electron chi connectivity index (χ0n) is 14.3. The Hall–Kier alpha value is -1.51. The van der Waals surface area contributed by atoms with E-state index in [4.69, 9.17) is 15.2 Å². The van der Waals surface area contributed by atoms with E-state index in [1.807, 2.05) is 0 Å². The third-order valence-electron chi connectivity index (χ3n) is 3.30. The summed E-state index contributed by atoms with van der Waals surface area (Å²) in [6.45, 7) is 3.81. The van der Waals surface area contributed by atoms with Gasteiger partial charge in [-0.15, -0.1) is 12.4 Å². The van der Waals surface area contributed by atoms with E-state index in [0.717, 1.165) is 0 Å². The maximum atomic E-state index is 12.3. The number of rotatable bonds is 8. The highest BCUT2D eigenvalue weighted by molar-refractivity contribution is 7.91. The number of benzene rings is 1. The molecule has 0 saturated heterocycles. The summed E-state index contributed by atoms with van der Waals surface area (Å²) >= 11 is 0. The molecule has 0 unspecified atom stereocenters. The summed E-state index contributed by atoms with van der Waals surface area (Å²) in [6.07, 6.45) is -0.139. The van der Waals surface area contributed by atoms with Gasteiger partial charge in [-0.1, -0.05) is 0 Å². The second-order valence-electron chi connectivity index (χ2n) is 5.72. The van der Waals surface area contributed by atoms with Crippen LogP contribution >= 0.6 is 12.4 Å². The van der Waals surface area contributed by atoms with E-state index >= 15 is 0 Å². The molecule has 1 aromatic rings. The molecule has 0 aliphatic heterocycles. The molecular weight excluding hydrogens is 356 g/mol. The fraction of sp³-hybridized carbons (Fsp3) is 0.533. The minimum atomic E-state index is -3.60. The Balaban J connectivity index is 0.00000529. The van der Waals surface area contributed by atoms with Crippen LogP contribution in [0.15, 0.2) is 23.1 Å². The molecule has 0 bridgehead atoms. The van der Waals surface area contributed by atoms with Crippen molar-refractivity contribution in [3.63, 3.8) is 0 Å². The first kappa shape index (κ1) is 22.5. The van der Waals surface area contributed by atoms with Gasteiger partial charge in [0.15, 0.2) is 21.3 Å². The number of nitrogens with two attached hydrogens (primary N) is 1. The Morgan fingerprint density at radius 2 is 1.79 bits per heavy atom. The summed E-state index contributed by atoms with van der Waals surface area (Å²) in [5, 5.41) is 2.70. The summed E-state index contributed by atoms with van der Waals surface area (Å²) in [6, 6.07) is 4.33. The molecule has 138 valence electrons. The van der Waals surface area contributed by atoms with E-state index in [0.29, 0.717) is 11.5 Å². The van der Waals surface area contributed by atoms with Gasteiger partial charge < -0.3 is 20.5 Å². The molecule has 3 N–H and O–H groups in total. The number of halogens is 1. The van der Waals surface area contributed by atoms with Crippen LogP contribution in [0.1, 0.15) is 20.3 Å². The van der Waals surface area contributed by atoms with Gasteiger partial charge in [-0.3, -0.25) is 4.79 Å². The third kappa shape index (κ3) is 6.18. The van der Waals surface area contributed by atoms with Gasteiger partial charge >= 0.3 is 0 Å². The maximum Gasteiger partial charge on any atom is 0.221 e. The quantitative estimate of drug-likeness (QED) is 0.700.